The van der Waals surface area contributed by atoms with E-state index in [9.17, 15) is 4.79 Å². The lowest BCUT2D eigenvalue weighted by Gasteiger charge is -2.35. The minimum Gasteiger partial charge on any atom is -0.497 e. The number of aliphatic imine (C=N–C) groups is 1. The van der Waals surface area contributed by atoms with Crippen LogP contribution in [0.3, 0.4) is 0 Å². The zero-order valence-electron chi connectivity index (χ0n) is 17.2. The van der Waals surface area contributed by atoms with Crippen molar-refractivity contribution >= 4 is 28.9 Å². The maximum atomic E-state index is 12.5. The topological polar surface area (TPSA) is 54.4 Å². The number of carbonyl (C=O) groups is 1. The van der Waals surface area contributed by atoms with Crippen LogP contribution in [0.4, 0.5) is 0 Å². The van der Waals surface area contributed by atoms with Gasteiger partial charge in [-0.05, 0) is 41.6 Å². The van der Waals surface area contributed by atoms with Crippen LogP contribution in [0.1, 0.15) is 11.1 Å². The molecule has 0 radical (unpaired) electrons. The van der Waals surface area contributed by atoms with Gasteiger partial charge < -0.3 is 14.4 Å². The van der Waals surface area contributed by atoms with Gasteiger partial charge in [-0.25, -0.2) is 0 Å². The summed E-state index contributed by atoms with van der Waals surface area (Å²) in [5, 5.41) is 0.785. The van der Waals surface area contributed by atoms with Crippen LogP contribution < -0.4 is 9.47 Å². The van der Waals surface area contributed by atoms with Crippen molar-refractivity contribution in [2.75, 3.05) is 40.4 Å². The summed E-state index contributed by atoms with van der Waals surface area (Å²) in [6.45, 7) is 4.58. The van der Waals surface area contributed by atoms with Crippen molar-refractivity contribution in [3.8, 4) is 11.5 Å². The van der Waals surface area contributed by atoms with Gasteiger partial charge in [0.05, 0.1) is 19.1 Å². The van der Waals surface area contributed by atoms with Crippen LogP contribution in [0, 0.1) is 0 Å². The summed E-state index contributed by atoms with van der Waals surface area (Å²) in [6, 6.07) is 16.0. The molecule has 2 aliphatic heterocycles. The number of piperazine rings is 1. The second-order valence-electron chi connectivity index (χ2n) is 7.17. The van der Waals surface area contributed by atoms with Gasteiger partial charge in [0, 0.05) is 38.3 Å². The summed E-state index contributed by atoms with van der Waals surface area (Å²) in [5.41, 5.74) is 2.13. The van der Waals surface area contributed by atoms with Crippen LogP contribution in [0.25, 0.3) is 6.08 Å². The molecular weight excluding hydrogens is 398 g/mol. The molecule has 2 aliphatic rings. The van der Waals surface area contributed by atoms with Gasteiger partial charge >= 0.3 is 0 Å². The maximum Gasteiger partial charge on any atom is 0.286 e. The van der Waals surface area contributed by atoms with Crippen LogP contribution >= 0.6 is 11.8 Å². The number of methoxy groups -OCH3 is 2. The van der Waals surface area contributed by atoms with Crippen molar-refractivity contribution in [1.82, 2.24) is 9.80 Å². The first-order chi connectivity index (χ1) is 14.7. The fourth-order valence-corrected chi connectivity index (χ4v) is 4.52. The molecule has 0 aromatic heterocycles. The fourth-order valence-electron chi connectivity index (χ4n) is 3.57. The van der Waals surface area contributed by atoms with Gasteiger partial charge in [0.15, 0.2) is 5.17 Å². The number of carbonyl (C=O) groups excluding carboxylic acids is 1. The van der Waals surface area contributed by atoms with Gasteiger partial charge in [0.1, 0.15) is 11.5 Å². The standard InChI is InChI=1S/C23H25N3O3S/c1-28-19-8-9-20(29-2)18(14-19)15-21-22(27)24-23(30-21)26-12-10-25(11-13-26)16-17-6-4-3-5-7-17/h3-9,14-15H,10-13,16H2,1-2H3. The molecule has 156 valence electrons. The molecule has 6 nitrogen and oxygen atoms in total. The highest BCUT2D eigenvalue weighted by Crippen LogP contribution is 2.34. The predicted octanol–water partition coefficient (Wildman–Crippen LogP) is 3.49. The number of rotatable bonds is 5. The largest absolute Gasteiger partial charge is 0.497 e. The summed E-state index contributed by atoms with van der Waals surface area (Å²) < 4.78 is 10.7. The highest BCUT2D eigenvalue weighted by molar-refractivity contribution is 8.18. The Morgan fingerprint density at radius 2 is 1.80 bits per heavy atom. The molecule has 0 atom stereocenters. The van der Waals surface area contributed by atoms with E-state index in [4.69, 9.17) is 9.47 Å². The van der Waals surface area contributed by atoms with Crippen molar-refractivity contribution in [2.24, 2.45) is 4.99 Å². The molecule has 1 amide bonds. The highest BCUT2D eigenvalue weighted by Gasteiger charge is 2.28. The summed E-state index contributed by atoms with van der Waals surface area (Å²) in [5.74, 6) is 1.21. The Hall–Kier alpha value is -2.77. The van der Waals surface area contributed by atoms with Crippen LogP contribution in [-0.4, -0.2) is 61.3 Å². The fraction of sp³-hybridized carbons (Fsp3) is 0.304. The van der Waals surface area contributed by atoms with Crippen molar-refractivity contribution in [3.63, 3.8) is 0 Å². The molecule has 0 aliphatic carbocycles. The Labute approximate surface area is 181 Å². The number of hydrogen-bond acceptors (Lipinski definition) is 6. The van der Waals surface area contributed by atoms with Crippen LogP contribution in [0.5, 0.6) is 11.5 Å². The Morgan fingerprint density at radius 3 is 2.50 bits per heavy atom. The first-order valence-electron chi connectivity index (χ1n) is 9.92. The molecule has 1 fully saturated rings. The Kier molecular flexibility index (Phi) is 6.40. The zero-order valence-corrected chi connectivity index (χ0v) is 18.0. The second-order valence-corrected chi connectivity index (χ2v) is 8.18. The molecule has 0 saturated carbocycles. The summed E-state index contributed by atoms with van der Waals surface area (Å²) >= 11 is 1.43. The third-order valence-corrected chi connectivity index (χ3v) is 6.27. The van der Waals surface area contributed by atoms with Gasteiger partial charge in [0.25, 0.3) is 5.91 Å². The zero-order chi connectivity index (χ0) is 20.9. The molecule has 0 unspecified atom stereocenters. The normalized spacial score (nSPS) is 18.6. The monoisotopic (exact) mass is 423 g/mol. The van der Waals surface area contributed by atoms with Gasteiger partial charge in [-0.3, -0.25) is 9.69 Å². The third-order valence-electron chi connectivity index (χ3n) is 5.22. The first kappa shape index (κ1) is 20.5. The minimum absolute atomic E-state index is 0.202. The van der Waals surface area contributed by atoms with E-state index in [2.05, 4.69) is 39.1 Å². The van der Waals surface area contributed by atoms with E-state index < -0.39 is 0 Å². The summed E-state index contributed by atoms with van der Waals surface area (Å²) in [6.07, 6.45) is 1.83. The number of thioether (sulfide) groups is 1. The molecule has 2 heterocycles. The number of benzene rings is 2. The quantitative estimate of drug-likeness (QED) is 0.687. The maximum absolute atomic E-state index is 12.5. The van der Waals surface area contributed by atoms with E-state index in [0.717, 1.165) is 43.5 Å². The van der Waals surface area contributed by atoms with E-state index in [0.29, 0.717) is 16.4 Å². The smallest absolute Gasteiger partial charge is 0.286 e. The van der Waals surface area contributed by atoms with Crippen molar-refractivity contribution < 1.29 is 14.3 Å². The predicted molar refractivity (Wildman–Crippen MR) is 121 cm³/mol. The van der Waals surface area contributed by atoms with E-state index in [1.807, 2.05) is 30.3 Å². The first-order valence-corrected chi connectivity index (χ1v) is 10.7. The third kappa shape index (κ3) is 4.68. The van der Waals surface area contributed by atoms with Crippen molar-refractivity contribution in [2.45, 2.75) is 6.54 Å². The van der Waals surface area contributed by atoms with Gasteiger partial charge in [-0.15, -0.1) is 0 Å². The van der Waals surface area contributed by atoms with E-state index >= 15 is 0 Å². The number of nitrogens with zero attached hydrogens (tertiary/aromatic N) is 3. The molecule has 0 N–H and O–H groups in total. The number of ether oxygens (including phenoxy) is 2. The number of amidine groups is 1. The molecule has 0 bridgehead atoms. The molecule has 0 spiro atoms. The minimum atomic E-state index is -0.202. The molecule has 1 saturated heterocycles. The summed E-state index contributed by atoms with van der Waals surface area (Å²) in [4.78, 5) is 22.0. The molecule has 2 aromatic rings. The molecule has 7 heteroatoms. The van der Waals surface area contributed by atoms with E-state index in [-0.39, 0.29) is 5.91 Å². The Bertz CT molecular complexity index is 967. The van der Waals surface area contributed by atoms with Crippen LogP contribution in [0.15, 0.2) is 58.4 Å². The lowest BCUT2D eigenvalue weighted by Crippen LogP contribution is -2.47. The number of hydrogen-bond donors (Lipinski definition) is 0. The average Bonchev–Trinajstić information content (AvgIpc) is 3.15. The molecule has 30 heavy (non-hydrogen) atoms. The highest BCUT2D eigenvalue weighted by atomic mass is 32.2. The Balaban J connectivity index is 1.39. The summed E-state index contributed by atoms with van der Waals surface area (Å²) in [7, 11) is 3.23. The van der Waals surface area contributed by atoms with Gasteiger partial charge in [-0.2, -0.15) is 4.99 Å². The van der Waals surface area contributed by atoms with Gasteiger partial charge in [-0.1, -0.05) is 30.3 Å². The van der Waals surface area contributed by atoms with Crippen molar-refractivity contribution in [3.05, 3.63) is 64.6 Å². The van der Waals surface area contributed by atoms with E-state index in [1.165, 1.54) is 17.3 Å². The van der Waals surface area contributed by atoms with Gasteiger partial charge in [0.2, 0.25) is 0 Å². The van der Waals surface area contributed by atoms with Crippen molar-refractivity contribution in [1.29, 1.82) is 0 Å². The van der Waals surface area contributed by atoms with Crippen LogP contribution in [0.2, 0.25) is 0 Å². The Morgan fingerprint density at radius 1 is 1.03 bits per heavy atom. The molecular formula is C23H25N3O3S. The van der Waals surface area contributed by atoms with Crippen LogP contribution in [-0.2, 0) is 11.3 Å². The van der Waals surface area contributed by atoms with E-state index in [1.54, 1.807) is 14.2 Å². The number of amides is 1. The second kappa shape index (κ2) is 9.36. The SMILES string of the molecule is COc1ccc(OC)c(C=C2SC(N3CCN(Cc4ccccc4)CC3)=NC2=O)c1. The molecule has 2 aromatic carbocycles. The lowest BCUT2D eigenvalue weighted by molar-refractivity contribution is -0.113. The average molecular weight is 424 g/mol. The molecule has 4 rings (SSSR count). The lowest BCUT2D eigenvalue weighted by atomic mass is 10.1.